The number of rotatable bonds is 7. The van der Waals surface area contributed by atoms with Crippen molar-refractivity contribution in [1.82, 2.24) is 25.5 Å². The Labute approximate surface area is 213 Å². The summed E-state index contributed by atoms with van der Waals surface area (Å²) in [5.74, 6) is 1.55. The molecule has 1 aliphatic carbocycles. The summed E-state index contributed by atoms with van der Waals surface area (Å²) in [6.07, 6.45) is 1.36. The molecule has 2 heterocycles. The van der Waals surface area contributed by atoms with E-state index in [1.54, 1.807) is 6.20 Å². The number of hydrogen-bond donors (Lipinski definition) is 3. The van der Waals surface area contributed by atoms with Gasteiger partial charge in [-0.2, -0.15) is 23.3 Å². The summed E-state index contributed by atoms with van der Waals surface area (Å²) in [6, 6.07) is 13.8. The molecule has 0 radical (unpaired) electrons. The Bertz CT molecular complexity index is 1340. The van der Waals surface area contributed by atoms with E-state index in [-0.39, 0.29) is 0 Å². The van der Waals surface area contributed by atoms with Gasteiger partial charge < -0.3 is 15.5 Å². The van der Waals surface area contributed by atoms with Crippen LogP contribution in [0.1, 0.15) is 36.8 Å². The van der Waals surface area contributed by atoms with Crippen molar-refractivity contribution in [3.8, 4) is 11.3 Å². The Balaban J connectivity index is 1.17. The van der Waals surface area contributed by atoms with Crippen LogP contribution >= 0.6 is 0 Å². The SMILES string of the molecule is CN(C)c1nc(NC2CCC(NCc3cn[nH]c3-c3ccc(C(F)(F)F)cc3)CC2)nc2ccccc12. The first-order valence-electron chi connectivity index (χ1n) is 12.4. The molecule has 194 valence electrons. The Morgan fingerprint density at radius 3 is 2.35 bits per heavy atom. The number of nitrogens with zero attached hydrogens (tertiary/aromatic N) is 4. The largest absolute Gasteiger partial charge is 0.416 e. The Kier molecular flexibility index (Phi) is 7.01. The van der Waals surface area contributed by atoms with Gasteiger partial charge in [0.15, 0.2) is 0 Å². The average Bonchev–Trinajstić information content (AvgIpc) is 3.36. The summed E-state index contributed by atoms with van der Waals surface area (Å²) < 4.78 is 38.7. The molecule has 0 amide bonds. The maximum Gasteiger partial charge on any atom is 0.416 e. The Morgan fingerprint density at radius 2 is 1.65 bits per heavy atom. The molecule has 2 aromatic heterocycles. The predicted molar refractivity (Wildman–Crippen MR) is 139 cm³/mol. The predicted octanol–water partition coefficient (Wildman–Crippen LogP) is 5.62. The molecule has 0 atom stereocenters. The lowest BCUT2D eigenvalue weighted by molar-refractivity contribution is -0.137. The van der Waals surface area contributed by atoms with Gasteiger partial charge >= 0.3 is 6.18 Å². The third-order valence-corrected chi connectivity index (χ3v) is 6.87. The van der Waals surface area contributed by atoms with Gasteiger partial charge in [0.25, 0.3) is 0 Å². The highest BCUT2D eigenvalue weighted by atomic mass is 19.4. The number of aromatic nitrogens is 4. The number of fused-ring (bicyclic) bond motifs is 1. The molecule has 0 saturated heterocycles. The summed E-state index contributed by atoms with van der Waals surface area (Å²) in [5.41, 5.74) is 2.61. The van der Waals surface area contributed by atoms with E-state index in [1.807, 2.05) is 43.3 Å². The summed E-state index contributed by atoms with van der Waals surface area (Å²) in [5, 5.41) is 15.2. The van der Waals surface area contributed by atoms with Crippen molar-refractivity contribution in [2.45, 2.75) is 50.5 Å². The van der Waals surface area contributed by atoms with Crippen molar-refractivity contribution in [3.63, 3.8) is 0 Å². The van der Waals surface area contributed by atoms with Gasteiger partial charge in [0.1, 0.15) is 5.82 Å². The summed E-state index contributed by atoms with van der Waals surface area (Å²) in [7, 11) is 3.97. The molecule has 10 heteroatoms. The van der Waals surface area contributed by atoms with Crippen molar-refractivity contribution < 1.29 is 13.2 Å². The number of nitrogens with one attached hydrogen (secondary N) is 3. The Hall–Kier alpha value is -3.66. The molecule has 0 spiro atoms. The number of para-hydroxylation sites is 1. The third-order valence-electron chi connectivity index (χ3n) is 6.87. The number of benzene rings is 2. The molecule has 1 fully saturated rings. The lowest BCUT2D eigenvalue weighted by atomic mass is 9.91. The van der Waals surface area contributed by atoms with Crippen LogP contribution in [0.25, 0.3) is 22.2 Å². The van der Waals surface area contributed by atoms with Gasteiger partial charge in [-0.3, -0.25) is 5.10 Å². The summed E-state index contributed by atoms with van der Waals surface area (Å²) in [6.45, 7) is 0.593. The standard InChI is InChI=1S/C27H30F3N7/c1-37(2)25-22-5-3-4-6-23(22)34-26(35-25)33-21-13-11-20(12-14-21)31-15-18-16-32-36-24(18)17-7-9-19(10-8-17)27(28,29)30/h3-10,16,20-21,31H,11-15H2,1-2H3,(H,32,36)(H,33,34,35). The molecule has 0 bridgehead atoms. The van der Waals surface area contributed by atoms with Crippen molar-refractivity contribution in [2.24, 2.45) is 0 Å². The van der Waals surface area contributed by atoms with Crippen molar-refractivity contribution in [1.29, 1.82) is 0 Å². The second-order valence-corrected chi connectivity index (χ2v) is 9.70. The molecular formula is C27H30F3N7. The highest BCUT2D eigenvalue weighted by molar-refractivity contribution is 5.90. The van der Waals surface area contributed by atoms with Gasteiger partial charge in [0.05, 0.1) is 23.0 Å². The minimum Gasteiger partial charge on any atom is -0.362 e. The van der Waals surface area contributed by atoms with E-state index >= 15 is 0 Å². The van der Waals surface area contributed by atoms with Gasteiger partial charge in [-0.15, -0.1) is 0 Å². The topological polar surface area (TPSA) is 81.8 Å². The molecule has 5 rings (SSSR count). The number of alkyl halides is 3. The fourth-order valence-electron chi connectivity index (χ4n) is 4.86. The van der Waals surface area contributed by atoms with E-state index in [1.165, 1.54) is 12.1 Å². The molecule has 37 heavy (non-hydrogen) atoms. The van der Waals surface area contributed by atoms with Crippen molar-refractivity contribution >= 4 is 22.7 Å². The molecule has 1 saturated carbocycles. The minimum absolute atomic E-state index is 0.297. The smallest absolute Gasteiger partial charge is 0.362 e. The quantitative estimate of drug-likeness (QED) is 0.300. The number of hydrogen-bond acceptors (Lipinski definition) is 6. The van der Waals surface area contributed by atoms with Gasteiger partial charge in [0, 0.05) is 43.7 Å². The molecular weight excluding hydrogens is 479 g/mol. The van der Waals surface area contributed by atoms with Gasteiger partial charge in [-0.05, 0) is 55.5 Å². The average molecular weight is 510 g/mol. The van der Waals surface area contributed by atoms with Crippen LogP contribution in [-0.4, -0.2) is 46.3 Å². The highest BCUT2D eigenvalue weighted by Gasteiger charge is 2.30. The number of H-pyrrole nitrogens is 1. The molecule has 3 N–H and O–H groups in total. The second-order valence-electron chi connectivity index (χ2n) is 9.70. The lowest BCUT2D eigenvalue weighted by Gasteiger charge is -2.30. The normalized spacial score (nSPS) is 18.2. The fraction of sp³-hybridized carbons (Fsp3) is 0.370. The minimum atomic E-state index is -4.35. The van der Waals surface area contributed by atoms with E-state index in [2.05, 4.69) is 20.8 Å². The molecule has 1 aliphatic rings. The second kappa shape index (κ2) is 10.4. The van der Waals surface area contributed by atoms with E-state index < -0.39 is 11.7 Å². The van der Waals surface area contributed by atoms with Gasteiger partial charge in [-0.25, -0.2) is 4.98 Å². The van der Waals surface area contributed by atoms with E-state index in [0.717, 1.165) is 65.8 Å². The zero-order valence-electron chi connectivity index (χ0n) is 20.8. The fourth-order valence-corrected chi connectivity index (χ4v) is 4.86. The van der Waals surface area contributed by atoms with Gasteiger partial charge in [0.2, 0.25) is 5.95 Å². The number of anilines is 2. The maximum absolute atomic E-state index is 12.9. The van der Waals surface area contributed by atoms with Crippen LogP contribution < -0.4 is 15.5 Å². The first-order valence-corrected chi connectivity index (χ1v) is 12.4. The van der Waals surface area contributed by atoms with E-state index in [0.29, 0.717) is 30.1 Å². The zero-order chi connectivity index (χ0) is 26.0. The first kappa shape index (κ1) is 25.0. The molecule has 2 aromatic carbocycles. The van der Waals surface area contributed by atoms with Crippen LogP contribution in [0, 0.1) is 0 Å². The Morgan fingerprint density at radius 1 is 0.946 bits per heavy atom. The summed E-state index contributed by atoms with van der Waals surface area (Å²) in [4.78, 5) is 11.5. The van der Waals surface area contributed by atoms with E-state index in [9.17, 15) is 13.2 Å². The van der Waals surface area contributed by atoms with Crippen LogP contribution in [0.4, 0.5) is 24.9 Å². The highest BCUT2D eigenvalue weighted by Crippen LogP contribution is 2.31. The van der Waals surface area contributed by atoms with E-state index in [4.69, 9.17) is 9.97 Å². The van der Waals surface area contributed by atoms with Crippen LogP contribution in [0.2, 0.25) is 0 Å². The number of halogens is 3. The first-order chi connectivity index (χ1) is 17.8. The molecule has 7 nitrogen and oxygen atoms in total. The van der Waals surface area contributed by atoms with Crippen LogP contribution in [0.15, 0.2) is 54.7 Å². The monoisotopic (exact) mass is 509 g/mol. The zero-order valence-corrected chi connectivity index (χ0v) is 20.8. The van der Waals surface area contributed by atoms with Crippen LogP contribution in [0.5, 0.6) is 0 Å². The molecule has 0 unspecified atom stereocenters. The maximum atomic E-state index is 12.9. The van der Waals surface area contributed by atoms with Crippen molar-refractivity contribution in [3.05, 3.63) is 65.9 Å². The van der Waals surface area contributed by atoms with Gasteiger partial charge in [-0.1, -0.05) is 24.3 Å². The van der Waals surface area contributed by atoms with Crippen molar-refractivity contribution in [2.75, 3.05) is 24.3 Å². The van der Waals surface area contributed by atoms with Crippen LogP contribution in [0.3, 0.4) is 0 Å². The molecule has 0 aliphatic heterocycles. The number of aromatic amines is 1. The lowest BCUT2D eigenvalue weighted by Crippen LogP contribution is -2.37. The molecule has 4 aromatic rings. The summed E-state index contributed by atoms with van der Waals surface area (Å²) >= 11 is 0. The van der Waals surface area contributed by atoms with Crippen LogP contribution in [-0.2, 0) is 12.7 Å². The third kappa shape index (κ3) is 5.69.